The van der Waals surface area contributed by atoms with Crippen molar-refractivity contribution in [2.24, 2.45) is 0 Å². The van der Waals surface area contributed by atoms with E-state index >= 15 is 0 Å². The van der Waals surface area contributed by atoms with Gasteiger partial charge in [-0.3, -0.25) is 0 Å². The molecule has 0 amide bonds. The van der Waals surface area contributed by atoms with Gasteiger partial charge in [0.15, 0.2) is 0 Å². The Hall–Kier alpha value is -3.06. The lowest BCUT2D eigenvalue weighted by Gasteiger charge is -2.30. The average molecular weight is 366 g/mol. The summed E-state index contributed by atoms with van der Waals surface area (Å²) in [6, 6.07) is 9.44. The number of hydrogen-bond acceptors (Lipinski definition) is 6. The van der Waals surface area contributed by atoms with Crippen LogP contribution in [0.3, 0.4) is 0 Å². The van der Waals surface area contributed by atoms with Crippen LogP contribution < -0.4 is 15.0 Å². The van der Waals surface area contributed by atoms with Gasteiger partial charge in [-0.25, -0.2) is 9.78 Å². The van der Waals surface area contributed by atoms with Crippen molar-refractivity contribution in [2.75, 3.05) is 37.7 Å². The van der Waals surface area contributed by atoms with E-state index in [1.807, 2.05) is 30.5 Å². The van der Waals surface area contributed by atoms with E-state index in [0.717, 1.165) is 42.9 Å². The molecule has 0 saturated carbocycles. The number of fused-ring (bicyclic) bond motifs is 1. The molecule has 0 bridgehead atoms. The number of carbonyl (C=O) groups excluding carboxylic acids is 1. The van der Waals surface area contributed by atoms with Crippen LogP contribution in [-0.4, -0.2) is 48.7 Å². The first-order chi connectivity index (χ1) is 13.2. The fourth-order valence-corrected chi connectivity index (χ4v) is 3.20. The van der Waals surface area contributed by atoms with Crippen LogP contribution in [0.5, 0.6) is 11.5 Å². The number of hydrogen-bond donors (Lipinski definition) is 2. The summed E-state index contributed by atoms with van der Waals surface area (Å²) in [6.45, 7) is 5.80. The molecule has 4 rings (SSSR count). The SMILES string of the molecule is CCOC(=O)c1ccc(N2CCNCC2)cc1Oc1cnc2[nH]ccc2c1. The maximum atomic E-state index is 12.4. The third-order valence-corrected chi connectivity index (χ3v) is 4.55. The van der Waals surface area contributed by atoms with Crippen LogP contribution in [-0.2, 0) is 4.74 Å². The second kappa shape index (κ2) is 7.67. The molecule has 7 heteroatoms. The number of aromatic amines is 1. The van der Waals surface area contributed by atoms with Gasteiger partial charge >= 0.3 is 5.97 Å². The first-order valence-corrected chi connectivity index (χ1v) is 9.12. The maximum Gasteiger partial charge on any atom is 0.341 e. The van der Waals surface area contributed by atoms with E-state index in [9.17, 15) is 4.79 Å². The number of piperazine rings is 1. The van der Waals surface area contributed by atoms with Gasteiger partial charge in [0.05, 0.1) is 12.8 Å². The predicted molar refractivity (Wildman–Crippen MR) is 104 cm³/mol. The summed E-state index contributed by atoms with van der Waals surface area (Å²) in [5.41, 5.74) is 2.22. The molecule has 3 aromatic rings. The van der Waals surface area contributed by atoms with Crippen molar-refractivity contribution in [3.05, 3.63) is 48.3 Å². The number of esters is 1. The number of aromatic nitrogens is 2. The molecule has 0 unspecified atom stereocenters. The Bertz CT molecular complexity index is 947. The number of nitrogens with one attached hydrogen (secondary N) is 2. The third kappa shape index (κ3) is 3.73. The molecule has 2 aromatic heterocycles. The van der Waals surface area contributed by atoms with Crippen molar-refractivity contribution < 1.29 is 14.3 Å². The Kier molecular flexibility index (Phi) is 4.93. The highest BCUT2D eigenvalue weighted by atomic mass is 16.5. The van der Waals surface area contributed by atoms with E-state index in [4.69, 9.17) is 9.47 Å². The Morgan fingerprint density at radius 2 is 2.07 bits per heavy atom. The minimum absolute atomic E-state index is 0.314. The largest absolute Gasteiger partial charge is 0.462 e. The van der Waals surface area contributed by atoms with E-state index in [0.29, 0.717) is 23.7 Å². The maximum absolute atomic E-state index is 12.4. The monoisotopic (exact) mass is 366 g/mol. The van der Waals surface area contributed by atoms with Crippen LogP contribution in [0.25, 0.3) is 11.0 Å². The average Bonchev–Trinajstić information content (AvgIpc) is 3.16. The zero-order chi connectivity index (χ0) is 18.6. The Morgan fingerprint density at radius 1 is 1.22 bits per heavy atom. The lowest BCUT2D eigenvalue weighted by atomic mass is 10.1. The standard InChI is InChI=1S/C20H22N4O3/c1-2-26-20(25)17-4-3-15(24-9-7-21-8-10-24)12-18(17)27-16-11-14-5-6-22-19(14)23-13-16/h3-6,11-13,21H,2,7-10H2,1H3,(H,22,23). The van der Waals surface area contributed by atoms with Crippen molar-refractivity contribution in [1.29, 1.82) is 0 Å². The predicted octanol–water partition coefficient (Wildman–Crippen LogP) is 2.94. The van der Waals surface area contributed by atoms with Crippen LogP contribution >= 0.6 is 0 Å². The van der Waals surface area contributed by atoms with Gasteiger partial charge in [-0.2, -0.15) is 0 Å². The number of pyridine rings is 1. The molecule has 0 aliphatic carbocycles. The summed E-state index contributed by atoms with van der Waals surface area (Å²) in [5, 5.41) is 4.29. The highest BCUT2D eigenvalue weighted by Crippen LogP contribution is 2.31. The van der Waals surface area contributed by atoms with Gasteiger partial charge in [-0.15, -0.1) is 0 Å². The number of rotatable bonds is 5. The smallest absolute Gasteiger partial charge is 0.341 e. The first kappa shape index (κ1) is 17.4. The number of nitrogens with zero attached hydrogens (tertiary/aromatic N) is 2. The summed E-state index contributed by atoms with van der Waals surface area (Å²) >= 11 is 0. The molecule has 3 heterocycles. The van der Waals surface area contributed by atoms with Crippen LogP contribution in [0, 0.1) is 0 Å². The second-order valence-electron chi connectivity index (χ2n) is 6.33. The third-order valence-electron chi connectivity index (χ3n) is 4.55. The molecule has 27 heavy (non-hydrogen) atoms. The number of H-pyrrole nitrogens is 1. The molecule has 2 N–H and O–H groups in total. The van der Waals surface area contributed by atoms with E-state index in [-0.39, 0.29) is 0 Å². The molecule has 0 atom stereocenters. The Morgan fingerprint density at radius 3 is 2.89 bits per heavy atom. The highest BCUT2D eigenvalue weighted by Gasteiger charge is 2.18. The van der Waals surface area contributed by atoms with Gasteiger partial charge in [-0.1, -0.05) is 0 Å². The minimum Gasteiger partial charge on any atom is -0.462 e. The fourth-order valence-electron chi connectivity index (χ4n) is 3.20. The van der Waals surface area contributed by atoms with Crippen molar-refractivity contribution in [3.8, 4) is 11.5 Å². The summed E-state index contributed by atoms with van der Waals surface area (Å²) in [5.74, 6) is 0.654. The van der Waals surface area contributed by atoms with E-state index in [2.05, 4.69) is 20.2 Å². The van der Waals surface area contributed by atoms with Gasteiger partial charge in [-0.05, 0) is 31.2 Å². The van der Waals surface area contributed by atoms with Crippen LogP contribution in [0.1, 0.15) is 17.3 Å². The van der Waals surface area contributed by atoms with E-state index in [1.54, 1.807) is 19.2 Å². The minimum atomic E-state index is -0.393. The summed E-state index contributed by atoms with van der Waals surface area (Å²) in [6.07, 6.45) is 3.47. The molecule has 140 valence electrons. The summed E-state index contributed by atoms with van der Waals surface area (Å²) in [7, 11) is 0. The van der Waals surface area contributed by atoms with Gasteiger partial charge in [0.2, 0.25) is 0 Å². The van der Waals surface area contributed by atoms with Crippen LogP contribution in [0.4, 0.5) is 5.69 Å². The Balaban J connectivity index is 1.68. The fraction of sp³-hybridized carbons (Fsp3) is 0.300. The highest BCUT2D eigenvalue weighted by molar-refractivity contribution is 5.93. The van der Waals surface area contributed by atoms with Crippen molar-refractivity contribution in [1.82, 2.24) is 15.3 Å². The molecule has 1 aromatic carbocycles. The Labute approximate surface area is 157 Å². The van der Waals surface area contributed by atoms with E-state index in [1.165, 1.54) is 0 Å². The van der Waals surface area contributed by atoms with E-state index < -0.39 is 5.97 Å². The molecule has 1 fully saturated rings. The molecular formula is C20H22N4O3. The molecular weight excluding hydrogens is 344 g/mol. The van der Waals surface area contributed by atoms with Crippen LogP contribution in [0.15, 0.2) is 42.7 Å². The summed E-state index contributed by atoms with van der Waals surface area (Å²) < 4.78 is 11.3. The van der Waals surface area contributed by atoms with Gasteiger partial charge in [0.25, 0.3) is 0 Å². The second-order valence-corrected chi connectivity index (χ2v) is 6.33. The van der Waals surface area contributed by atoms with Crippen molar-refractivity contribution >= 4 is 22.7 Å². The van der Waals surface area contributed by atoms with Gasteiger partial charge < -0.3 is 24.7 Å². The molecule has 1 saturated heterocycles. The lowest BCUT2D eigenvalue weighted by molar-refractivity contribution is 0.0523. The number of benzene rings is 1. The normalized spacial score (nSPS) is 14.3. The van der Waals surface area contributed by atoms with Crippen molar-refractivity contribution in [2.45, 2.75) is 6.92 Å². The zero-order valence-corrected chi connectivity index (χ0v) is 15.2. The number of anilines is 1. The lowest BCUT2D eigenvalue weighted by Crippen LogP contribution is -2.43. The molecule has 0 spiro atoms. The van der Waals surface area contributed by atoms with Gasteiger partial charge in [0, 0.05) is 49.5 Å². The quantitative estimate of drug-likeness (QED) is 0.676. The molecule has 1 aliphatic rings. The molecule has 7 nitrogen and oxygen atoms in total. The molecule has 0 radical (unpaired) electrons. The number of ether oxygens (including phenoxy) is 2. The number of carbonyl (C=O) groups is 1. The first-order valence-electron chi connectivity index (χ1n) is 9.12. The zero-order valence-electron chi connectivity index (χ0n) is 15.2. The summed E-state index contributed by atoms with van der Waals surface area (Å²) in [4.78, 5) is 22.0. The van der Waals surface area contributed by atoms with Crippen LogP contribution in [0.2, 0.25) is 0 Å². The topological polar surface area (TPSA) is 79.5 Å². The van der Waals surface area contributed by atoms with Gasteiger partial charge in [0.1, 0.15) is 22.7 Å². The molecule has 1 aliphatic heterocycles. The van der Waals surface area contributed by atoms with Crippen molar-refractivity contribution in [3.63, 3.8) is 0 Å².